The van der Waals surface area contributed by atoms with Crippen molar-refractivity contribution in [2.45, 2.75) is 26.3 Å². The second-order valence-electron chi connectivity index (χ2n) is 3.04. The van der Waals surface area contributed by atoms with Crippen LogP contribution in [0, 0.1) is 0 Å². The van der Waals surface area contributed by atoms with Gasteiger partial charge in [0.15, 0.2) is 0 Å². The van der Waals surface area contributed by atoms with Gasteiger partial charge in [0.1, 0.15) is 0 Å². The van der Waals surface area contributed by atoms with Crippen molar-refractivity contribution in [3.05, 3.63) is 0 Å². The lowest BCUT2D eigenvalue weighted by molar-refractivity contribution is 0.208. The lowest BCUT2D eigenvalue weighted by atomic mass is 10.2. The van der Waals surface area contributed by atoms with Crippen LogP contribution in [0.4, 0.5) is 4.79 Å². The second kappa shape index (κ2) is 5.75. The summed E-state index contributed by atoms with van der Waals surface area (Å²) in [5.74, 6) is 0. The molecule has 0 saturated carbocycles. The molecule has 0 saturated heterocycles. The summed E-state index contributed by atoms with van der Waals surface area (Å²) in [5.41, 5.74) is 5.34. The quantitative estimate of drug-likeness (QED) is 0.662. The van der Waals surface area contributed by atoms with Crippen molar-refractivity contribution < 1.29 is 4.79 Å². The number of rotatable bonds is 4. The van der Waals surface area contributed by atoms with Crippen molar-refractivity contribution in [1.29, 1.82) is 0 Å². The minimum absolute atomic E-state index is 0.000926. The predicted octanol–water partition coefficient (Wildman–Crippen LogP) is 0.712. The van der Waals surface area contributed by atoms with Crippen LogP contribution in [0.2, 0.25) is 0 Å². The molecule has 13 heavy (non-hydrogen) atoms. The smallest absolute Gasteiger partial charge is 0.317 e. The van der Waals surface area contributed by atoms with Gasteiger partial charge in [0.25, 0.3) is 0 Å². The first-order valence-corrected chi connectivity index (χ1v) is 4.68. The third-order valence-corrected chi connectivity index (χ3v) is 1.86. The van der Waals surface area contributed by atoms with Gasteiger partial charge < -0.3 is 16.0 Å². The first kappa shape index (κ1) is 12.2. The summed E-state index contributed by atoms with van der Waals surface area (Å²) in [6.45, 7) is 4.48. The standard InChI is InChI=1S/C8H17N3OS/c1-4-11(3)8(12)10-6(2)5-7(9)13/h6H,4-5H2,1-3H3,(H2,9,13)(H,10,12). The molecule has 0 radical (unpaired) electrons. The molecule has 0 fully saturated rings. The molecule has 0 aromatic carbocycles. The van der Waals surface area contributed by atoms with Gasteiger partial charge in [-0.15, -0.1) is 0 Å². The van der Waals surface area contributed by atoms with Gasteiger partial charge in [-0.1, -0.05) is 12.2 Å². The molecule has 0 spiro atoms. The molecule has 0 heterocycles. The Morgan fingerprint density at radius 1 is 1.69 bits per heavy atom. The van der Waals surface area contributed by atoms with Crippen molar-refractivity contribution in [3.8, 4) is 0 Å². The number of urea groups is 1. The zero-order valence-corrected chi connectivity index (χ0v) is 9.15. The lowest BCUT2D eigenvalue weighted by Crippen LogP contribution is -2.42. The molecular formula is C8H17N3OS. The zero-order valence-electron chi connectivity index (χ0n) is 8.33. The van der Waals surface area contributed by atoms with E-state index in [9.17, 15) is 4.79 Å². The Balaban J connectivity index is 3.84. The van der Waals surface area contributed by atoms with Gasteiger partial charge in [-0.05, 0) is 13.8 Å². The fraction of sp³-hybridized carbons (Fsp3) is 0.750. The number of carbonyl (C=O) groups is 1. The van der Waals surface area contributed by atoms with Crippen LogP contribution < -0.4 is 11.1 Å². The Bertz CT molecular complexity index is 196. The van der Waals surface area contributed by atoms with E-state index in [1.807, 2.05) is 13.8 Å². The molecule has 0 aliphatic heterocycles. The van der Waals surface area contributed by atoms with E-state index >= 15 is 0 Å². The predicted molar refractivity (Wildman–Crippen MR) is 57.7 cm³/mol. The Hall–Kier alpha value is -0.840. The highest BCUT2D eigenvalue weighted by Gasteiger charge is 2.10. The first-order valence-electron chi connectivity index (χ1n) is 4.27. The summed E-state index contributed by atoms with van der Waals surface area (Å²) in [7, 11) is 1.74. The lowest BCUT2D eigenvalue weighted by Gasteiger charge is -2.19. The average molecular weight is 203 g/mol. The molecule has 1 unspecified atom stereocenters. The third-order valence-electron chi connectivity index (χ3n) is 1.70. The number of carbonyl (C=O) groups excluding carboxylic acids is 1. The SMILES string of the molecule is CCN(C)C(=O)NC(C)CC(N)=S. The molecule has 5 heteroatoms. The molecule has 4 nitrogen and oxygen atoms in total. The monoisotopic (exact) mass is 203 g/mol. The molecule has 0 aliphatic carbocycles. The number of nitrogens with zero attached hydrogens (tertiary/aromatic N) is 1. The molecule has 0 bridgehead atoms. The van der Waals surface area contributed by atoms with Gasteiger partial charge in [-0.25, -0.2) is 4.79 Å². The van der Waals surface area contributed by atoms with Crippen LogP contribution >= 0.6 is 12.2 Å². The molecule has 0 aromatic heterocycles. The minimum Gasteiger partial charge on any atom is -0.393 e. The van der Waals surface area contributed by atoms with Gasteiger partial charge in [0.05, 0.1) is 4.99 Å². The number of nitrogens with one attached hydrogen (secondary N) is 1. The Kier molecular flexibility index (Phi) is 5.37. The van der Waals surface area contributed by atoms with Gasteiger partial charge in [-0.2, -0.15) is 0 Å². The highest BCUT2D eigenvalue weighted by Crippen LogP contribution is 1.92. The number of nitrogens with two attached hydrogens (primary N) is 1. The fourth-order valence-corrected chi connectivity index (χ4v) is 1.07. The first-order chi connectivity index (χ1) is 5.97. The van der Waals surface area contributed by atoms with E-state index in [2.05, 4.69) is 5.32 Å². The van der Waals surface area contributed by atoms with Crippen molar-refractivity contribution in [1.82, 2.24) is 10.2 Å². The van der Waals surface area contributed by atoms with E-state index in [1.54, 1.807) is 11.9 Å². The van der Waals surface area contributed by atoms with Crippen LogP contribution in [0.1, 0.15) is 20.3 Å². The summed E-state index contributed by atoms with van der Waals surface area (Å²) in [5, 5.41) is 2.78. The molecule has 1 atom stereocenters. The normalized spacial score (nSPS) is 11.9. The van der Waals surface area contributed by atoms with E-state index in [1.165, 1.54) is 0 Å². The summed E-state index contributed by atoms with van der Waals surface area (Å²) in [6.07, 6.45) is 0.540. The van der Waals surface area contributed by atoms with E-state index in [0.717, 1.165) is 0 Å². The highest BCUT2D eigenvalue weighted by molar-refractivity contribution is 7.80. The summed E-state index contributed by atoms with van der Waals surface area (Å²) in [4.78, 5) is 13.3. The molecule has 3 N–H and O–H groups in total. The Morgan fingerprint density at radius 3 is 2.62 bits per heavy atom. The van der Waals surface area contributed by atoms with Crippen molar-refractivity contribution in [2.24, 2.45) is 5.73 Å². The van der Waals surface area contributed by atoms with Crippen molar-refractivity contribution >= 4 is 23.2 Å². The van der Waals surface area contributed by atoms with Crippen molar-refractivity contribution in [2.75, 3.05) is 13.6 Å². The molecule has 0 rings (SSSR count). The molecule has 2 amide bonds. The zero-order chi connectivity index (χ0) is 10.4. The summed E-state index contributed by atoms with van der Waals surface area (Å²) in [6, 6.07) is -0.0924. The number of amides is 2. The van der Waals surface area contributed by atoms with E-state index < -0.39 is 0 Å². The van der Waals surface area contributed by atoms with Crippen molar-refractivity contribution in [3.63, 3.8) is 0 Å². The fourth-order valence-electron chi connectivity index (χ4n) is 0.817. The molecule has 0 aliphatic rings. The van der Waals surface area contributed by atoms with E-state index in [0.29, 0.717) is 18.0 Å². The van der Waals surface area contributed by atoms with Crippen LogP contribution in [0.5, 0.6) is 0 Å². The van der Waals surface area contributed by atoms with Crippen LogP contribution in [-0.2, 0) is 0 Å². The van der Waals surface area contributed by atoms with Crippen LogP contribution in [0.15, 0.2) is 0 Å². The topological polar surface area (TPSA) is 58.4 Å². The van der Waals surface area contributed by atoms with Crippen LogP contribution in [0.3, 0.4) is 0 Å². The largest absolute Gasteiger partial charge is 0.393 e. The molecule has 76 valence electrons. The van der Waals surface area contributed by atoms with Gasteiger partial charge >= 0.3 is 6.03 Å². The third kappa shape index (κ3) is 5.41. The maximum atomic E-state index is 11.3. The summed E-state index contributed by atoms with van der Waals surface area (Å²) >= 11 is 4.73. The van der Waals surface area contributed by atoms with Gasteiger partial charge in [0.2, 0.25) is 0 Å². The summed E-state index contributed by atoms with van der Waals surface area (Å²) < 4.78 is 0. The van der Waals surface area contributed by atoms with Crippen LogP contribution in [0.25, 0.3) is 0 Å². The molecule has 0 aromatic rings. The number of hydrogen-bond donors (Lipinski definition) is 2. The number of thiocarbonyl (C=S) groups is 1. The minimum atomic E-state index is -0.0914. The second-order valence-corrected chi connectivity index (χ2v) is 3.56. The van der Waals surface area contributed by atoms with Gasteiger partial charge in [0, 0.05) is 26.1 Å². The highest BCUT2D eigenvalue weighted by atomic mass is 32.1. The average Bonchev–Trinajstić information content (AvgIpc) is 2.01. The maximum Gasteiger partial charge on any atom is 0.317 e. The van der Waals surface area contributed by atoms with E-state index in [-0.39, 0.29) is 12.1 Å². The maximum absolute atomic E-state index is 11.3. The van der Waals surface area contributed by atoms with Gasteiger partial charge in [-0.3, -0.25) is 0 Å². The Labute approximate surface area is 84.5 Å². The van der Waals surface area contributed by atoms with Crippen LogP contribution in [-0.4, -0.2) is 35.6 Å². The Morgan fingerprint density at radius 2 is 2.23 bits per heavy atom. The van der Waals surface area contributed by atoms with E-state index in [4.69, 9.17) is 18.0 Å². The molecular weight excluding hydrogens is 186 g/mol. The number of hydrogen-bond acceptors (Lipinski definition) is 2.